The summed E-state index contributed by atoms with van der Waals surface area (Å²) in [6.45, 7) is 0. The van der Waals surface area contributed by atoms with Crippen LogP contribution in [0.3, 0.4) is 0 Å². The minimum atomic E-state index is -4.09. The summed E-state index contributed by atoms with van der Waals surface area (Å²) in [5.74, 6) is -0.827. The highest BCUT2D eigenvalue weighted by atomic mass is 32.2. The lowest BCUT2D eigenvalue weighted by molar-refractivity contribution is -0.105. The number of rotatable bonds is 4. The Morgan fingerprint density at radius 3 is 2.59 bits per heavy atom. The zero-order valence-corrected chi connectivity index (χ0v) is 9.65. The summed E-state index contributed by atoms with van der Waals surface area (Å²) in [5.41, 5.74) is 0.0168. The number of amides is 1. The topological polar surface area (TPSA) is 116 Å². The van der Waals surface area contributed by atoms with E-state index in [4.69, 9.17) is 5.14 Å². The van der Waals surface area contributed by atoms with Crippen LogP contribution in [0.4, 0.5) is 5.69 Å². The van der Waals surface area contributed by atoms with E-state index in [0.717, 1.165) is 13.2 Å². The van der Waals surface area contributed by atoms with E-state index >= 15 is 0 Å². The Hall–Kier alpha value is -1.93. The molecule has 17 heavy (non-hydrogen) atoms. The number of nitrogens with one attached hydrogen (secondary N) is 1. The van der Waals surface area contributed by atoms with E-state index in [1.807, 2.05) is 0 Å². The van der Waals surface area contributed by atoms with Crippen LogP contribution < -0.4 is 10.5 Å². The zero-order valence-electron chi connectivity index (χ0n) is 8.84. The fraction of sp³-hybridized carbons (Fsp3) is 0.111. The molecule has 1 aromatic carbocycles. The number of primary sulfonamides is 1. The van der Waals surface area contributed by atoms with Crippen molar-refractivity contribution in [2.24, 2.45) is 5.14 Å². The molecule has 3 N–H and O–H groups in total. The minimum absolute atomic E-state index is 0.188. The molecule has 0 aliphatic heterocycles. The maximum atomic E-state index is 11.3. The van der Waals surface area contributed by atoms with Gasteiger partial charge in [0.15, 0.2) is 0 Å². The van der Waals surface area contributed by atoms with E-state index in [-0.39, 0.29) is 11.3 Å². The Bertz CT molecular complexity index is 553. The van der Waals surface area contributed by atoms with Crippen molar-refractivity contribution in [2.75, 3.05) is 12.4 Å². The number of carbonyl (C=O) groups is 2. The third-order valence-electron chi connectivity index (χ3n) is 1.92. The average Bonchev–Trinajstić information content (AvgIpc) is 2.27. The van der Waals surface area contributed by atoms with Gasteiger partial charge in [0.1, 0.15) is 0 Å². The van der Waals surface area contributed by atoms with Gasteiger partial charge in [0.2, 0.25) is 16.4 Å². The number of esters is 1. The second-order valence-corrected chi connectivity index (χ2v) is 4.54. The normalized spacial score (nSPS) is 10.7. The lowest BCUT2D eigenvalue weighted by atomic mass is 10.2. The summed E-state index contributed by atoms with van der Waals surface area (Å²) in [7, 11) is -2.97. The maximum Gasteiger partial charge on any atom is 0.339 e. The smallest absolute Gasteiger partial charge is 0.339 e. The van der Waals surface area contributed by atoms with E-state index in [1.165, 1.54) is 12.1 Å². The van der Waals surface area contributed by atoms with Crippen LogP contribution in [-0.4, -0.2) is 27.9 Å². The van der Waals surface area contributed by atoms with Gasteiger partial charge in [-0.1, -0.05) is 0 Å². The van der Waals surface area contributed by atoms with Crippen LogP contribution in [-0.2, 0) is 19.6 Å². The first-order chi connectivity index (χ1) is 7.90. The third-order valence-corrected chi connectivity index (χ3v) is 2.87. The van der Waals surface area contributed by atoms with Gasteiger partial charge in [-0.05, 0) is 18.2 Å². The van der Waals surface area contributed by atoms with Crippen LogP contribution in [0.15, 0.2) is 23.1 Å². The number of benzene rings is 1. The molecule has 0 aliphatic carbocycles. The maximum absolute atomic E-state index is 11.3. The monoisotopic (exact) mass is 258 g/mol. The molecule has 0 aliphatic rings. The van der Waals surface area contributed by atoms with Crippen molar-refractivity contribution < 1.29 is 22.7 Å². The van der Waals surface area contributed by atoms with Crippen LogP contribution in [0.1, 0.15) is 10.4 Å². The fourth-order valence-electron chi connectivity index (χ4n) is 1.19. The summed E-state index contributed by atoms with van der Waals surface area (Å²) in [6.07, 6.45) is 0.375. The van der Waals surface area contributed by atoms with Gasteiger partial charge in [-0.3, -0.25) is 4.79 Å². The lowest BCUT2D eigenvalue weighted by Gasteiger charge is -2.07. The van der Waals surface area contributed by atoms with Gasteiger partial charge in [0, 0.05) is 5.69 Å². The molecule has 0 aromatic heterocycles. The molecule has 8 heteroatoms. The molecule has 0 saturated heterocycles. The number of anilines is 1. The van der Waals surface area contributed by atoms with Crippen molar-refractivity contribution in [3.63, 3.8) is 0 Å². The largest absolute Gasteiger partial charge is 0.465 e. The molecule has 7 nitrogen and oxygen atoms in total. The highest BCUT2D eigenvalue weighted by Crippen LogP contribution is 2.20. The van der Waals surface area contributed by atoms with E-state index in [9.17, 15) is 18.0 Å². The molecule has 0 bridgehead atoms. The Balaban J connectivity index is 3.42. The van der Waals surface area contributed by atoms with Gasteiger partial charge in [-0.25, -0.2) is 18.4 Å². The molecule has 0 atom stereocenters. The molecule has 1 aromatic rings. The Morgan fingerprint density at radius 1 is 1.47 bits per heavy atom. The van der Waals surface area contributed by atoms with Crippen molar-refractivity contribution in [3.05, 3.63) is 23.8 Å². The number of ether oxygens (including phenoxy) is 1. The van der Waals surface area contributed by atoms with Crippen LogP contribution in [0.5, 0.6) is 0 Å². The number of hydrogen-bond acceptors (Lipinski definition) is 5. The zero-order chi connectivity index (χ0) is 13.1. The molecule has 0 fully saturated rings. The molecule has 0 unspecified atom stereocenters. The molecule has 1 amide bonds. The summed E-state index contributed by atoms with van der Waals surface area (Å²) in [4.78, 5) is 21.1. The fourth-order valence-corrected chi connectivity index (χ4v) is 1.94. The van der Waals surface area contributed by atoms with Gasteiger partial charge < -0.3 is 10.1 Å². The highest BCUT2D eigenvalue weighted by Gasteiger charge is 2.20. The van der Waals surface area contributed by atoms with Crippen molar-refractivity contribution in [1.82, 2.24) is 0 Å². The summed E-state index contributed by atoms with van der Waals surface area (Å²) in [5, 5.41) is 7.21. The number of carbonyl (C=O) groups excluding carboxylic acids is 2. The molecule has 0 heterocycles. The van der Waals surface area contributed by atoms with Crippen molar-refractivity contribution >= 4 is 28.1 Å². The molecule has 92 valence electrons. The second-order valence-electron chi connectivity index (χ2n) is 3.01. The van der Waals surface area contributed by atoms with E-state index < -0.39 is 20.9 Å². The molecular formula is C9H10N2O5S. The first kappa shape index (κ1) is 13.1. The summed E-state index contributed by atoms with van der Waals surface area (Å²) >= 11 is 0. The Labute approximate surface area is 97.6 Å². The predicted molar refractivity (Wildman–Crippen MR) is 58.8 cm³/mol. The van der Waals surface area contributed by atoms with Crippen molar-refractivity contribution in [3.8, 4) is 0 Å². The van der Waals surface area contributed by atoms with Gasteiger partial charge in [-0.2, -0.15) is 0 Å². The predicted octanol–water partition coefficient (Wildman–Crippen LogP) is -0.311. The number of hydrogen-bond donors (Lipinski definition) is 2. The third kappa shape index (κ3) is 3.02. The first-order valence-electron chi connectivity index (χ1n) is 4.35. The average molecular weight is 258 g/mol. The van der Waals surface area contributed by atoms with Gasteiger partial charge in [0.05, 0.1) is 17.6 Å². The first-order valence-corrected chi connectivity index (χ1v) is 5.90. The number of sulfonamides is 1. The quantitative estimate of drug-likeness (QED) is 0.567. The minimum Gasteiger partial charge on any atom is -0.465 e. The molecule has 1 rings (SSSR count). The SMILES string of the molecule is COC(=O)c1ccc(NC=O)cc1S(N)(=O)=O. The van der Waals surface area contributed by atoms with Crippen molar-refractivity contribution in [1.29, 1.82) is 0 Å². The summed E-state index contributed by atoms with van der Waals surface area (Å²) < 4.78 is 27.0. The van der Waals surface area contributed by atoms with Crippen molar-refractivity contribution in [2.45, 2.75) is 4.90 Å². The Morgan fingerprint density at radius 2 is 2.12 bits per heavy atom. The molecule has 0 spiro atoms. The standard InChI is InChI=1S/C9H10N2O5S/c1-16-9(13)7-3-2-6(11-5-12)4-8(7)17(10,14)15/h2-5H,1H3,(H,11,12)(H2,10,14,15). The van der Waals surface area contributed by atoms with Gasteiger partial charge in [0.25, 0.3) is 0 Å². The second kappa shape index (κ2) is 4.93. The van der Waals surface area contributed by atoms with E-state index in [0.29, 0.717) is 6.41 Å². The Kier molecular flexibility index (Phi) is 3.81. The van der Waals surface area contributed by atoms with Crippen LogP contribution in [0, 0.1) is 0 Å². The van der Waals surface area contributed by atoms with E-state index in [1.54, 1.807) is 0 Å². The summed E-state index contributed by atoms with van der Waals surface area (Å²) in [6, 6.07) is 3.64. The van der Waals surface area contributed by atoms with Gasteiger partial charge >= 0.3 is 5.97 Å². The van der Waals surface area contributed by atoms with E-state index in [2.05, 4.69) is 10.1 Å². The van der Waals surface area contributed by atoms with Crippen LogP contribution in [0.2, 0.25) is 0 Å². The van der Waals surface area contributed by atoms with Gasteiger partial charge in [-0.15, -0.1) is 0 Å². The molecule has 0 radical (unpaired) electrons. The van der Waals surface area contributed by atoms with Crippen LogP contribution >= 0.6 is 0 Å². The lowest BCUT2D eigenvalue weighted by Crippen LogP contribution is -2.17. The highest BCUT2D eigenvalue weighted by molar-refractivity contribution is 7.89. The molecular weight excluding hydrogens is 248 g/mol. The number of methoxy groups -OCH3 is 1. The molecule has 0 saturated carbocycles. The number of nitrogens with two attached hydrogens (primary N) is 1. The van der Waals surface area contributed by atoms with Crippen LogP contribution in [0.25, 0.3) is 0 Å².